The summed E-state index contributed by atoms with van der Waals surface area (Å²) in [6.07, 6.45) is 3.00. The molecule has 0 saturated carbocycles. The number of rotatable bonds is 5. The number of nitrogen functional groups attached to an aromatic ring is 1. The zero-order valence-corrected chi connectivity index (χ0v) is 12.9. The Hall–Kier alpha value is -2.99. The molecule has 0 aliphatic carbocycles. The molecule has 2 aromatic carbocycles. The molecule has 24 heavy (non-hydrogen) atoms. The summed E-state index contributed by atoms with van der Waals surface area (Å²) in [5.41, 5.74) is 13.5. The zero-order valence-electron chi connectivity index (χ0n) is 12.9. The number of nitrogens with zero attached hydrogens (tertiary/aromatic N) is 2. The lowest BCUT2D eigenvalue weighted by atomic mass is 10.0. The van der Waals surface area contributed by atoms with E-state index in [1.54, 1.807) is 6.07 Å². The molecule has 0 saturated heterocycles. The Kier molecular flexibility index (Phi) is 4.67. The van der Waals surface area contributed by atoms with Crippen molar-refractivity contribution >= 4 is 5.95 Å². The second-order valence-electron chi connectivity index (χ2n) is 5.16. The van der Waals surface area contributed by atoms with Gasteiger partial charge in [-0.2, -0.15) is 0 Å². The van der Waals surface area contributed by atoms with E-state index in [1.807, 2.05) is 30.3 Å². The molecule has 4 N–H and O–H groups in total. The highest BCUT2D eigenvalue weighted by Gasteiger charge is 2.11. The molecule has 5 nitrogen and oxygen atoms in total. The molecule has 1 aromatic heterocycles. The molecular weight excluding hydrogens is 307 g/mol. The molecule has 0 spiro atoms. The lowest BCUT2D eigenvalue weighted by Crippen LogP contribution is -2.11. The van der Waals surface area contributed by atoms with Gasteiger partial charge in [0, 0.05) is 35.6 Å². The topological polar surface area (TPSA) is 87.0 Å². The van der Waals surface area contributed by atoms with Crippen molar-refractivity contribution in [3.63, 3.8) is 0 Å². The summed E-state index contributed by atoms with van der Waals surface area (Å²) in [7, 11) is 0. The van der Waals surface area contributed by atoms with Crippen LogP contribution in [-0.2, 0) is 0 Å². The minimum atomic E-state index is -0.366. The molecule has 3 aromatic rings. The molecule has 0 atom stereocenters. The molecule has 0 aliphatic rings. The first-order valence-corrected chi connectivity index (χ1v) is 7.49. The summed E-state index contributed by atoms with van der Waals surface area (Å²) in [5, 5.41) is 0. The Bertz CT molecular complexity index is 837. The fraction of sp³-hybridized carbons (Fsp3) is 0.111. The van der Waals surface area contributed by atoms with Crippen molar-refractivity contribution in [2.24, 2.45) is 5.73 Å². The number of anilines is 1. The number of hydrogen-bond acceptors (Lipinski definition) is 5. The maximum atomic E-state index is 14.6. The number of aromatic nitrogens is 2. The monoisotopic (exact) mass is 324 g/mol. The lowest BCUT2D eigenvalue weighted by molar-refractivity contribution is 0.329. The Labute approximate surface area is 139 Å². The van der Waals surface area contributed by atoms with E-state index in [-0.39, 0.29) is 11.8 Å². The van der Waals surface area contributed by atoms with E-state index >= 15 is 0 Å². The van der Waals surface area contributed by atoms with Crippen molar-refractivity contribution in [1.29, 1.82) is 0 Å². The van der Waals surface area contributed by atoms with E-state index in [2.05, 4.69) is 9.97 Å². The molecule has 0 unspecified atom stereocenters. The third kappa shape index (κ3) is 3.33. The maximum absolute atomic E-state index is 14.6. The molecule has 1 heterocycles. The van der Waals surface area contributed by atoms with Crippen molar-refractivity contribution in [3.05, 3.63) is 60.7 Å². The number of para-hydroxylation sites is 1. The molecule has 6 heteroatoms. The van der Waals surface area contributed by atoms with Crippen molar-refractivity contribution in [2.75, 3.05) is 18.9 Å². The Balaban J connectivity index is 1.97. The molecule has 0 fully saturated rings. The van der Waals surface area contributed by atoms with Crippen molar-refractivity contribution in [1.82, 2.24) is 9.97 Å². The number of benzene rings is 2. The average molecular weight is 324 g/mol. The average Bonchev–Trinajstić information content (AvgIpc) is 2.61. The van der Waals surface area contributed by atoms with Crippen molar-refractivity contribution in [3.8, 4) is 28.0 Å². The van der Waals surface area contributed by atoms with Crippen LogP contribution in [0.4, 0.5) is 10.3 Å². The van der Waals surface area contributed by atoms with Crippen LogP contribution < -0.4 is 16.2 Å². The molecular formula is C18H17FN4O. The molecule has 0 aliphatic heterocycles. The largest absolute Gasteiger partial charge is 0.492 e. The van der Waals surface area contributed by atoms with Crippen molar-refractivity contribution in [2.45, 2.75) is 0 Å². The predicted molar refractivity (Wildman–Crippen MR) is 91.8 cm³/mol. The Morgan fingerprint density at radius 3 is 2.42 bits per heavy atom. The summed E-state index contributed by atoms with van der Waals surface area (Å²) in [6.45, 7) is 0.819. The van der Waals surface area contributed by atoms with Gasteiger partial charge in [0.1, 0.15) is 18.2 Å². The number of nitrogens with two attached hydrogens (primary N) is 2. The van der Waals surface area contributed by atoms with Gasteiger partial charge in [-0.1, -0.05) is 30.3 Å². The highest BCUT2D eigenvalue weighted by Crippen LogP contribution is 2.32. The van der Waals surface area contributed by atoms with E-state index in [1.165, 1.54) is 18.5 Å². The third-order valence-corrected chi connectivity index (χ3v) is 3.53. The van der Waals surface area contributed by atoms with Crippen LogP contribution in [0.2, 0.25) is 0 Å². The van der Waals surface area contributed by atoms with Crippen molar-refractivity contribution < 1.29 is 9.13 Å². The van der Waals surface area contributed by atoms with Gasteiger partial charge in [-0.25, -0.2) is 14.4 Å². The van der Waals surface area contributed by atoms with Gasteiger partial charge in [0.25, 0.3) is 0 Å². The smallest absolute Gasteiger partial charge is 0.219 e. The van der Waals surface area contributed by atoms with Gasteiger partial charge in [-0.15, -0.1) is 0 Å². The highest BCUT2D eigenvalue weighted by molar-refractivity contribution is 5.74. The van der Waals surface area contributed by atoms with Crippen LogP contribution in [0, 0.1) is 5.82 Å². The van der Waals surface area contributed by atoms with Gasteiger partial charge in [-0.05, 0) is 17.7 Å². The molecule has 0 bridgehead atoms. The van der Waals surface area contributed by atoms with E-state index in [9.17, 15) is 4.39 Å². The summed E-state index contributed by atoms with van der Waals surface area (Å²) in [5.74, 6) is 0.460. The van der Waals surface area contributed by atoms with Crippen LogP contribution in [0.1, 0.15) is 0 Å². The second kappa shape index (κ2) is 7.06. The van der Waals surface area contributed by atoms with E-state index in [0.29, 0.717) is 30.0 Å². The summed E-state index contributed by atoms with van der Waals surface area (Å²) in [6, 6.07) is 12.5. The maximum Gasteiger partial charge on any atom is 0.219 e. The molecule has 3 rings (SSSR count). The van der Waals surface area contributed by atoms with E-state index in [4.69, 9.17) is 16.2 Å². The Morgan fingerprint density at radius 1 is 0.958 bits per heavy atom. The second-order valence-corrected chi connectivity index (χ2v) is 5.16. The van der Waals surface area contributed by atoms with E-state index in [0.717, 1.165) is 11.1 Å². The lowest BCUT2D eigenvalue weighted by Gasteiger charge is -2.12. The SMILES string of the molecule is NCCOc1ccccc1-c1ccc(-c2cnc(N)nc2)c(F)c1. The third-order valence-electron chi connectivity index (χ3n) is 3.53. The molecule has 0 amide bonds. The van der Waals surface area contributed by atoms with E-state index < -0.39 is 0 Å². The number of hydrogen-bond donors (Lipinski definition) is 2. The highest BCUT2D eigenvalue weighted by atomic mass is 19.1. The quantitative estimate of drug-likeness (QED) is 0.753. The van der Waals surface area contributed by atoms with Crippen LogP contribution in [0.3, 0.4) is 0 Å². The fourth-order valence-electron chi connectivity index (χ4n) is 2.39. The first-order valence-electron chi connectivity index (χ1n) is 7.49. The fourth-order valence-corrected chi connectivity index (χ4v) is 2.39. The van der Waals surface area contributed by atoms with Gasteiger partial charge in [-0.3, -0.25) is 0 Å². The standard InChI is InChI=1S/C18H17FN4O/c19-16-9-12(15-3-1-2-4-17(15)24-8-7-20)5-6-14(16)13-10-22-18(21)23-11-13/h1-6,9-11H,7-8,20H2,(H2,21,22,23). The van der Waals surface area contributed by atoms with Gasteiger partial charge in [0.2, 0.25) is 5.95 Å². The van der Waals surface area contributed by atoms with Gasteiger partial charge >= 0.3 is 0 Å². The summed E-state index contributed by atoms with van der Waals surface area (Å²) < 4.78 is 20.2. The zero-order chi connectivity index (χ0) is 16.9. The first-order chi connectivity index (χ1) is 11.7. The minimum absolute atomic E-state index is 0.154. The Morgan fingerprint density at radius 2 is 1.71 bits per heavy atom. The number of ether oxygens (including phenoxy) is 1. The summed E-state index contributed by atoms with van der Waals surface area (Å²) in [4.78, 5) is 7.79. The molecule has 0 radical (unpaired) electrons. The minimum Gasteiger partial charge on any atom is -0.492 e. The molecule has 122 valence electrons. The predicted octanol–water partition coefficient (Wildman–Crippen LogP) is 2.87. The van der Waals surface area contributed by atoms with Gasteiger partial charge in [0.05, 0.1) is 0 Å². The van der Waals surface area contributed by atoms with Crippen LogP contribution in [0.5, 0.6) is 5.75 Å². The van der Waals surface area contributed by atoms with Crippen LogP contribution in [0.25, 0.3) is 22.3 Å². The van der Waals surface area contributed by atoms with Gasteiger partial charge in [0.15, 0.2) is 0 Å². The van der Waals surface area contributed by atoms with Crippen LogP contribution in [0.15, 0.2) is 54.9 Å². The van der Waals surface area contributed by atoms with Crippen LogP contribution >= 0.6 is 0 Å². The first kappa shape index (κ1) is 15.9. The summed E-state index contributed by atoms with van der Waals surface area (Å²) >= 11 is 0. The number of halogens is 1. The normalized spacial score (nSPS) is 10.6. The van der Waals surface area contributed by atoms with Gasteiger partial charge < -0.3 is 16.2 Å². The van der Waals surface area contributed by atoms with Crippen LogP contribution in [-0.4, -0.2) is 23.1 Å².